The van der Waals surface area contributed by atoms with E-state index in [0.717, 1.165) is 23.4 Å². The van der Waals surface area contributed by atoms with E-state index in [2.05, 4.69) is 10.1 Å². The van der Waals surface area contributed by atoms with Gasteiger partial charge in [-0.1, -0.05) is 0 Å². The second-order valence-corrected chi connectivity index (χ2v) is 8.27. The summed E-state index contributed by atoms with van der Waals surface area (Å²) in [7, 11) is 0. The highest BCUT2D eigenvalue weighted by Crippen LogP contribution is 2.60. The lowest BCUT2D eigenvalue weighted by Crippen LogP contribution is -2.49. The molecule has 4 fully saturated rings. The lowest BCUT2D eigenvalue weighted by Gasteiger charge is -2.56. The number of nitrogens with one attached hydrogen (secondary N) is 1. The summed E-state index contributed by atoms with van der Waals surface area (Å²) >= 11 is 0. The van der Waals surface area contributed by atoms with Gasteiger partial charge in [0.1, 0.15) is 5.65 Å². The molecule has 2 aromatic heterocycles. The Labute approximate surface area is 145 Å². The van der Waals surface area contributed by atoms with Crippen LogP contribution >= 0.6 is 0 Å². The van der Waals surface area contributed by atoms with Crippen LogP contribution < -0.4 is 5.56 Å². The molecule has 4 saturated carbocycles. The van der Waals surface area contributed by atoms with Crippen molar-refractivity contribution in [3.8, 4) is 0 Å². The average molecular weight is 341 g/mol. The number of rotatable bonds is 3. The summed E-state index contributed by atoms with van der Waals surface area (Å²) in [6.45, 7) is 2.04. The molecule has 0 saturated heterocycles. The van der Waals surface area contributed by atoms with Crippen molar-refractivity contribution in [3.63, 3.8) is 0 Å². The van der Waals surface area contributed by atoms with Gasteiger partial charge in [-0.25, -0.2) is 4.79 Å². The van der Waals surface area contributed by atoms with Gasteiger partial charge in [-0.15, -0.1) is 0 Å². The highest BCUT2D eigenvalue weighted by molar-refractivity contribution is 5.88. The first-order chi connectivity index (χ1) is 12.1. The van der Waals surface area contributed by atoms with E-state index >= 15 is 0 Å². The number of aromatic nitrogens is 3. The second-order valence-electron chi connectivity index (χ2n) is 8.27. The Balaban J connectivity index is 1.58. The largest absolute Gasteiger partial charge is 0.461 e. The van der Waals surface area contributed by atoms with Crippen molar-refractivity contribution in [1.82, 2.24) is 14.6 Å². The Hall–Kier alpha value is -2.11. The van der Waals surface area contributed by atoms with Crippen molar-refractivity contribution < 1.29 is 9.53 Å². The zero-order chi connectivity index (χ0) is 17.2. The first kappa shape index (κ1) is 15.2. The third kappa shape index (κ3) is 2.26. The van der Waals surface area contributed by atoms with Gasteiger partial charge in [0.25, 0.3) is 5.56 Å². The van der Waals surface area contributed by atoms with Crippen LogP contribution in [0.2, 0.25) is 0 Å². The van der Waals surface area contributed by atoms with E-state index in [0.29, 0.717) is 12.3 Å². The molecule has 0 unspecified atom stereocenters. The first-order valence-corrected chi connectivity index (χ1v) is 9.37. The minimum atomic E-state index is -0.490. The lowest BCUT2D eigenvalue weighted by molar-refractivity contribution is -0.00719. The number of hydrogen-bond donors (Lipinski definition) is 1. The molecule has 1 N–H and O–H groups in total. The van der Waals surface area contributed by atoms with Crippen LogP contribution in [0.5, 0.6) is 0 Å². The molecule has 0 atom stereocenters. The molecule has 0 spiro atoms. The van der Waals surface area contributed by atoms with E-state index in [9.17, 15) is 9.59 Å². The molecule has 132 valence electrons. The van der Waals surface area contributed by atoms with Crippen LogP contribution in [0, 0.1) is 17.8 Å². The van der Waals surface area contributed by atoms with E-state index < -0.39 is 5.97 Å². The fourth-order valence-electron chi connectivity index (χ4n) is 6.03. The topological polar surface area (TPSA) is 76.5 Å². The van der Waals surface area contributed by atoms with Gasteiger partial charge in [-0.3, -0.25) is 4.79 Å². The summed E-state index contributed by atoms with van der Waals surface area (Å²) in [6.07, 6.45) is 7.65. The number of esters is 1. The third-order valence-corrected chi connectivity index (χ3v) is 6.54. The summed E-state index contributed by atoms with van der Waals surface area (Å²) in [5.74, 6) is 1.94. The standard InChI is InChI=1S/C19H23N3O3/c1-2-25-18(24)14-6-16-20-15(7-17(23)22(16)21-14)19-8-11-3-12(9-19)5-13(4-11)10-19/h6-7,11-13,20H,2-5,8-10H2,1H3. The van der Waals surface area contributed by atoms with Gasteiger partial charge in [0.2, 0.25) is 0 Å². The van der Waals surface area contributed by atoms with Gasteiger partial charge in [-0.2, -0.15) is 9.61 Å². The predicted octanol–water partition coefficient (Wildman–Crippen LogP) is 2.67. The van der Waals surface area contributed by atoms with Gasteiger partial charge in [0.15, 0.2) is 5.69 Å². The zero-order valence-corrected chi connectivity index (χ0v) is 14.5. The Morgan fingerprint density at radius 3 is 2.48 bits per heavy atom. The van der Waals surface area contributed by atoms with Gasteiger partial charge in [-0.05, 0) is 63.2 Å². The molecule has 6 nitrogen and oxygen atoms in total. The van der Waals surface area contributed by atoms with Gasteiger partial charge in [0.05, 0.1) is 6.61 Å². The van der Waals surface area contributed by atoms with E-state index in [1.54, 1.807) is 19.1 Å². The minimum Gasteiger partial charge on any atom is -0.461 e. The van der Waals surface area contributed by atoms with E-state index in [4.69, 9.17) is 4.74 Å². The van der Waals surface area contributed by atoms with Gasteiger partial charge in [0, 0.05) is 23.2 Å². The number of fused-ring (bicyclic) bond motifs is 1. The van der Waals surface area contributed by atoms with Crippen LogP contribution in [0.3, 0.4) is 0 Å². The van der Waals surface area contributed by atoms with Crippen molar-refractivity contribution in [2.45, 2.75) is 50.9 Å². The summed E-state index contributed by atoms with van der Waals surface area (Å²) in [5.41, 5.74) is 1.75. The molecule has 0 aromatic carbocycles. The van der Waals surface area contributed by atoms with Crippen LogP contribution in [-0.4, -0.2) is 27.2 Å². The maximum atomic E-state index is 12.6. The summed E-state index contributed by atoms with van der Waals surface area (Å²) in [4.78, 5) is 28.0. The molecule has 6 rings (SSSR count). The van der Waals surface area contributed by atoms with E-state index in [1.807, 2.05) is 0 Å². The van der Waals surface area contributed by atoms with Crippen molar-refractivity contribution in [2.24, 2.45) is 17.8 Å². The monoisotopic (exact) mass is 341 g/mol. The van der Waals surface area contributed by atoms with Gasteiger partial charge >= 0.3 is 5.97 Å². The van der Waals surface area contributed by atoms with E-state index in [-0.39, 0.29) is 16.7 Å². The predicted molar refractivity (Wildman–Crippen MR) is 91.6 cm³/mol. The first-order valence-electron chi connectivity index (χ1n) is 9.37. The molecule has 4 aliphatic carbocycles. The molecule has 6 heteroatoms. The average Bonchev–Trinajstić information content (AvgIpc) is 2.99. The maximum Gasteiger partial charge on any atom is 0.358 e. The quantitative estimate of drug-likeness (QED) is 0.871. The zero-order valence-electron chi connectivity index (χ0n) is 14.5. The van der Waals surface area contributed by atoms with Gasteiger partial charge < -0.3 is 9.72 Å². The van der Waals surface area contributed by atoms with E-state index in [1.165, 1.54) is 43.0 Å². The number of hydrogen-bond acceptors (Lipinski definition) is 4. The van der Waals surface area contributed by atoms with Crippen molar-refractivity contribution in [1.29, 1.82) is 0 Å². The molecule has 0 radical (unpaired) electrons. The highest BCUT2D eigenvalue weighted by atomic mass is 16.5. The second kappa shape index (κ2) is 5.19. The summed E-state index contributed by atoms with van der Waals surface area (Å²) in [6, 6.07) is 3.34. The number of ether oxygens (including phenoxy) is 1. The molecular formula is C19H23N3O3. The Morgan fingerprint density at radius 1 is 1.24 bits per heavy atom. The molecule has 0 amide bonds. The smallest absolute Gasteiger partial charge is 0.358 e. The summed E-state index contributed by atoms with van der Waals surface area (Å²) in [5, 5.41) is 4.12. The molecule has 2 heterocycles. The minimum absolute atomic E-state index is 0.115. The third-order valence-electron chi connectivity index (χ3n) is 6.54. The lowest BCUT2D eigenvalue weighted by atomic mass is 9.49. The fraction of sp³-hybridized carbons (Fsp3) is 0.632. The fourth-order valence-corrected chi connectivity index (χ4v) is 6.03. The Bertz CT molecular complexity index is 875. The van der Waals surface area contributed by atoms with Crippen LogP contribution in [0.25, 0.3) is 5.65 Å². The Kier molecular flexibility index (Phi) is 3.15. The van der Waals surface area contributed by atoms with Crippen molar-refractivity contribution in [3.05, 3.63) is 33.9 Å². The number of aromatic amines is 1. The molecule has 0 aliphatic heterocycles. The Morgan fingerprint density at radius 2 is 1.88 bits per heavy atom. The maximum absolute atomic E-state index is 12.6. The molecular weight excluding hydrogens is 318 g/mol. The van der Waals surface area contributed by atoms with Crippen LogP contribution in [-0.2, 0) is 10.2 Å². The molecule has 2 aromatic rings. The van der Waals surface area contributed by atoms with Crippen LogP contribution in [0.15, 0.2) is 16.9 Å². The van der Waals surface area contributed by atoms with Crippen molar-refractivity contribution in [2.75, 3.05) is 6.61 Å². The normalized spacial score (nSPS) is 33.1. The molecule has 25 heavy (non-hydrogen) atoms. The van der Waals surface area contributed by atoms with Crippen molar-refractivity contribution >= 4 is 11.6 Å². The number of H-pyrrole nitrogens is 1. The SMILES string of the molecule is CCOC(=O)c1cc2[nH]c(C34CC5CC(CC(C5)C3)C4)cc(=O)n2n1. The van der Waals surface area contributed by atoms with Crippen LogP contribution in [0.1, 0.15) is 61.6 Å². The molecule has 4 aliphatic rings. The van der Waals surface area contributed by atoms with Crippen LogP contribution in [0.4, 0.5) is 0 Å². The highest BCUT2D eigenvalue weighted by Gasteiger charge is 2.52. The molecule has 4 bridgehead atoms. The summed E-state index contributed by atoms with van der Waals surface area (Å²) < 4.78 is 6.27. The number of carbonyl (C=O) groups is 1. The number of nitrogens with zero attached hydrogens (tertiary/aromatic N) is 2. The number of carbonyl (C=O) groups excluding carboxylic acids is 1.